The smallest absolute Gasteiger partial charge is 0.338 e. The SMILES string of the molecule is CC1CCC(C)N(C(=O)c2cc(C(=O)O)co2)C1. The molecule has 0 radical (unpaired) electrons. The first-order valence-electron chi connectivity index (χ1n) is 6.12. The quantitative estimate of drug-likeness (QED) is 0.875. The maximum Gasteiger partial charge on any atom is 0.338 e. The zero-order chi connectivity index (χ0) is 13.3. The van der Waals surface area contributed by atoms with Gasteiger partial charge in [-0.1, -0.05) is 6.92 Å². The molecule has 5 heteroatoms. The third-order valence-corrected chi connectivity index (χ3v) is 3.44. The number of nitrogens with zero attached hydrogens (tertiary/aromatic N) is 1. The van der Waals surface area contributed by atoms with Crippen molar-refractivity contribution in [1.82, 2.24) is 4.90 Å². The summed E-state index contributed by atoms with van der Waals surface area (Å²) in [6.45, 7) is 4.81. The third kappa shape index (κ3) is 2.39. The van der Waals surface area contributed by atoms with Crippen molar-refractivity contribution in [2.45, 2.75) is 32.7 Å². The summed E-state index contributed by atoms with van der Waals surface area (Å²) in [5.74, 6) is -0.730. The Morgan fingerprint density at radius 1 is 1.39 bits per heavy atom. The van der Waals surface area contributed by atoms with E-state index in [2.05, 4.69) is 6.92 Å². The molecule has 1 aromatic rings. The van der Waals surface area contributed by atoms with E-state index in [9.17, 15) is 9.59 Å². The van der Waals surface area contributed by atoms with Gasteiger partial charge in [-0.3, -0.25) is 4.79 Å². The molecule has 1 fully saturated rings. The Hall–Kier alpha value is -1.78. The van der Waals surface area contributed by atoms with Crippen LogP contribution in [0.5, 0.6) is 0 Å². The molecule has 1 aromatic heterocycles. The predicted molar refractivity (Wildman–Crippen MR) is 64.6 cm³/mol. The van der Waals surface area contributed by atoms with Gasteiger partial charge < -0.3 is 14.4 Å². The molecular formula is C13H17NO4. The zero-order valence-corrected chi connectivity index (χ0v) is 10.5. The van der Waals surface area contributed by atoms with Crippen LogP contribution >= 0.6 is 0 Å². The molecule has 1 aliphatic heterocycles. The average molecular weight is 251 g/mol. The normalized spacial score (nSPS) is 24.0. The van der Waals surface area contributed by atoms with Crippen molar-refractivity contribution in [1.29, 1.82) is 0 Å². The monoisotopic (exact) mass is 251 g/mol. The van der Waals surface area contributed by atoms with Crippen LogP contribution in [0.4, 0.5) is 0 Å². The largest absolute Gasteiger partial charge is 0.478 e. The molecule has 1 N–H and O–H groups in total. The van der Waals surface area contributed by atoms with Crippen LogP contribution in [0.1, 0.15) is 47.6 Å². The second-order valence-corrected chi connectivity index (χ2v) is 4.99. The van der Waals surface area contributed by atoms with E-state index in [0.717, 1.165) is 19.1 Å². The fourth-order valence-electron chi connectivity index (χ4n) is 2.27. The number of likely N-dealkylation sites (tertiary alicyclic amines) is 1. The summed E-state index contributed by atoms with van der Waals surface area (Å²) in [6, 6.07) is 1.46. The van der Waals surface area contributed by atoms with Crippen LogP contribution in [-0.2, 0) is 0 Å². The summed E-state index contributed by atoms with van der Waals surface area (Å²) in [4.78, 5) is 24.7. The van der Waals surface area contributed by atoms with Crippen molar-refractivity contribution < 1.29 is 19.1 Å². The Morgan fingerprint density at radius 2 is 2.11 bits per heavy atom. The van der Waals surface area contributed by atoms with E-state index in [-0.39, 0.29) is 23.3 Å². The first kappa shape index (κ1) is 12.7. The number of piperidine rings is 1. The lowest BCUT2D eigenvalue weighted by atomic mass is 9.95. The van der Waals surface area contributed by atoms with Crippen LogP contribution in [0.3, 0.4) is 0 Å². The Kier molecular flexibility index (Phi) is 3.41. The van der Waals surface area contributed by atoms with Gasteiger partial charge >= 0.3 is 5.97 Å². The van der Waals surface area contributed by atoms with Gasteiger partial charge in [-0.2, -0.15) is 0 Å². The molecule has 2 heterocycles. The minimum Gasteiger partial charge on any atom is -0.478 e. The highest BCUT2D eigenvalue weighted by Crippen LogP contribution is 2.23. The van der Waals surface area contributed by atoms with Crippen molar-refractivity contribution in [2.75, 3.05) is 6.54 Å². The van der Waals surface area contributed by atoms with Crippen molar-refractivity contribution in [3.63, 3.8) is 0 Å². The summed E-state index contributed by atoms with van der Waals surface area (Å²) in [6.07, 6.45) is 3.19. The molecular weight excluding hydrogens is 234 g/mol. The maximum atomic E-state index is 12.2. The van der Waals surface area contributed by atoms with Crippen molar-refractivity contribution in [2.24, 2.45) is 5.92 Å². The van der Waals surface area contributed by atoms with E-state index < -0.39 is 5.97 Å². The van der Waals surface area contributed by atoms with Crippen LogP contribution in [0, 0.1) is 5.92 Å². The van der Waals surface area contributed by atoms with Crippen LogP contribution in [0.15, 0.2) is 16.7 Å². The number of carboxylic acids is 1. The average Bonchev–Trinajstić information content (AvgIpc) is 2.81. The summed E-state index contributed by atoms with van der Waals surface area (Å²) in [5.41, 5.74) is 0.0102. The Balaban J connectivity index is 2.16. The van der Waals surface area contributed by atoms with Gasteiger partial charge in [0.1, 0.15) is 6.26 Å². The zero-order valence-electron chi connectivity index (χ0n) is 10.5. The fraction of sp³-hybridized carbons (Fsp3) is 0.538. The Labute approximate surface area is 105 Å². The third-order valence-electron chi connectivity index (χ3n) is 3.44. The molecule has 2 rings (SSSR count). The lowest BCUT2D eigenvalue weighted by molar-refractivity contribution is 0.0541. The second kappa shape index (κ2) is 4.84. The number of carbonyl (C=O) groups excluding carboxylic acids is 1. The van der Waals surface area contributed by atoms with Gasteiger partial charge in [0.15, 0.2) is 5.76 Å². The number of rotatable bonds is 2. The first-order valence-corrected chi connectivity index (χ1v) is 6.12. The van der Waals surface area contributed by atoms with Gasteiger partial charge in [-0.25, -0.2) is 4.79 Å². The molecule has 98 valence electrons. The summed E-state index contributed by atoms with van der Waals surface area (Å²) in [7, 11) is 0. The Morgan fingerprint density at radius 3 is 2.72 bits per heavy atom. The highest BCUT2D eigenvalue weighted by molar-refractivity contribution is 5.95. The molecule has 0 saturated carbocycles. The number of hydrogen-bond donors (Lipinski definition) is 1. The highest BCUT2D eigenvalue weighted by Gasteiger charge is 2.29. The Bertz CT molecular complexity index is 465. The van der Waals surface area contributed by atoms with E-state index in [1.165, 1.54) is 6.07 Å². The molecule has 1 amide bonds. The standard InChI is InChI=1S/C13H17NO4/c1-8-3-4-9(2)14(6-8)12(15)11-5-10(7-18-11)13(16)17/h5,7-9H,3-4,6H2,1-2H3,(H,16,17). The number of amides is 1. The van der Waals surface area contributed by atoms with Gasteiger partial charge in [-0.05, 0) is 25.7 Å². The molecule has 0 bridgehead atoms. The van der Waals surface area contributed by atoms with Crippen molar-refractivity contribution >= 4 is 11.9 Å². The molecule has 5 nitrogen and oxygen atoms in total. The summed E-state index contributed by atoms with van der Waals surface area (Å²) in [5, 5.41) is 8.80. The maximum absolute atomic E-state index is 12.2. The van der Waals surface area contributed by atoms with Crippen LogP contribution in [0.25, 0.3) is 0 Å². The second-order valence-electron chi connectivity index (χ2n) is 4.99. The van der Waals surface area contributed by atoms with Gasteiger partial charge in [0.05, 0.1) is 5.56 Å². The van der Waals surface area contributed by atoms with Crippen LogP contribution in [0.2, 0.25) is 0 Å². The molecule has 18 heavy (non-hydrogen) atoms. The minimum absolute atomic E-state index is 0.0102. The lowest BCUT2D eigenvalue weighted by Crippen LogP contribution is -2.44. The number of carbonyl (C=O) groups is 2. The van der Waals surface area contributed by atoms with Gasteiger partial charge in [0.2, 0.25) is 0 Å². The molecule has 0 spiro atoms. The van der Waals surface area contributed by atoms with E-state index in [0.29, 0.717) is 12.5 Å². The topological polar surface area (TPSA) is 70.8 Å². The molecule has 1 aliphatic rings. The van der Waals surface area contributed by atoms with Gasteiger partial charge in [-0.15, -0.1) is 0 Å². The number of hydrogen-bond acceptors (Lipinski definition) is 3. The van der Waals surface area contributed by atoms with Crippen LogP contribution < -0.4 is 0 Å². The molecule has 2 atom stereocenters. The summed E-state index contributed by atoms with van der Waals surface area (Å²) < 4.78 is 5.05. The van der Waals surface area contributed by atoms with Gasteiger partial charge in [0.25, 0.3) is 5.91 Å². The summed E-state index contributed by atoms with van der Waals surface area (Å²) >= 11 is 0. The molecule has 0 aliphatic carbocycles. The molecule has 0 aromatic carbocycles. The lowest BCUT2D eigenvalue weighted by Gasteiger charge is -2.36. The van der Waals surface area contributed by atoms with E-state index in [1.54, 1.807) is 4.90 Å². The first-order chi connectivity index (χ1) is 8.49. The van der Waals surface area contributed by atoms with Crippen LogP contribution in [-0.4, -0.2) is 34.5 Å². The van der Waals surface area contributed by atoms with E-state index in [4.69, 9.17) is 9.52 Å². The number of furan rings is 1. The van der Waals surface area contributed by atoms with Crippen molar-refractivity contribution in [3.8, 4) is 0 Å². The van der Waals surface area contributed by atoms with Gasteiger partial charge in [0, 0.05) is 18.7 Å². The molecule has 1 saturated heterocycles. The highest BCUT2D eigenvalue weighted by atomic mass is 16.4. The number of carboxylic acid groups (broad SMARTS) is 1. The molecule has 2 unspecified atom stereocenters. The van der Waals surface area contributed by atoms with E-state index >= 15 is 0 Å². The predicted octanol–water partition coefficient (Wildman–Crippen LogP) is 2.24. The van der Waals surface area contributed by atoms with Crippen molar-refractivity contribution in [3.05, 3.63) is 23.7 Å². The number of aromatic carboxylic acids is 1. The van der Waals surface area contributed by atoms with E-state index in [1.807, 2.05) is 6.92 Å². The fourth-order valence-corrected chi connectivity index (χ4v) is 2.27. The minimum atomic E-state index is -1.09.